The zero-order valence-corrected chi connectivity index (χ0v) is 23.6. The third-order valence-corrected chi connectivity index (χ3v) is 6.29. The lowest BCUT2D eigenvalue weighted by Gasteiger charge is -2.10. The van der Waals surface area contributed by atoms with Crippen LogP contribution in [0.2, 0.25) is 0 Å². The van der Waals surface area contributed by atoms with E-state index in [1.807, 2.05) is 12.1 Å². The van der Waals surface area contributed by atoms with Crippen LogP contribution in [0, 0.1) is 5.39 Å². The van der Waals surface area contributed by atoms with Crippen molar-refractivity contribution in [3.05, 3.63) is 53.5 Å². The van der Waals surface area contributed by atoms with E-state index in [1.165, 1.54) is 62.8 Å². The maximum absolute atomic E-state index is 10.3. The Morgan fingerprint density at radius 1 is 0.895 bits per heavy atom. The Bertz CT molecular complexity index is 997. The summed E-state index contributed by atoms with van der Waals surface area (Å²) >= 11 is 0. The summed E-state index contributed by atoms with van der Waals surface area (Å²) in [6.07, 6.45) is 9.33. The first-order valence-electron chi connectivity index (χ1n) is 13.5. The normalized spacial score (nSPS) is 12.7. The highest BCUT2D eigenvalue weighted by Gasteiger charge is 2.16. The van der Waals surface area contributed by atoms with Crippen molar-refractivity contribution < 1.29 is 27.2 Å². The largest absolute Gasteiger partial charge is 0.744 e. The number of hydrogen-bond donors (Lipinski definition) is 1. The zero-order valence-electron chi connectivity index (χ0n) is 22.8. The second kappa shape index (κ2) is 21.2. The highest BCUT2D eigenvalue weighted by Crippen LogP contribution is 2.32. The molecule has 1 saturated heterocycles. The van der Waals surface area contributed by atoms with E-state index in [0.717, 1.165) is 44.9 Å². The van der Waals surface area contributed by atoms with Crippen molar-refractivity contribution in [3.63, 3.8) is 0 Å². The molecule has 1 N–H and O–H groups in total. The second-order valence-corrected chi connectivity index (χ2v) is 10.1. The molecule has 212 valence electrons. The van der Waals surface area contributed by atoms with Crippen LogP contribution >= 0.6 is 0 Å². The van der Waals surface area contributed by atoms with Gasteiger partial charge in [-0.25, -0.2) is 8.42 Å². The van der Waals surface area contributed by atoms with E-state index in [2.05, 4.69) is 24.1 Å². The van der Waals surface area contributed by atoms with Gasteiger partial charge >= 0.3 is 5.69 Å². The smallest absolute Gasteiger partial charge is 0.429 e. The third kappa shape index (κ3) is 16.2. The summed E-state index contributed by atoms with van der Waals surface area (Å²) < 4.78 is 47.2. The van der Waals surface area contributed by atoms with Crippen LogP contribution in [0.1, 0.15) is 65.2 Å². The summed E-state index contributed by atoms with van der Waals surface area (Å²) in [6.45, 7) is 9.56. The van der Waals surface area contributed by atoms with Gasteiger partial charge in [-0.2, -0.15) is 0 Å². The van der Waals surface area contributed by atoms with Crippen molar-refractivity contribution in [1.82, 2.24) is 5.32 Å². The number of benzene rings is 2. The molecular weight excluding hydrogens is 506 g/mol. The number of rotatable bonds is 13. The van der Waals surface area contributed by atoms with Gasteiger partial charge in [-0.1, -0.05) is 70.6 Å². The van der Waals surface area contributed by atoms with E-state index in [9.17, 15) is 13.0 Å². The molecule has 1 heterocycles. The predicted octanol–water partition coefficient (Wildman–Crippen LogP) is 6.29. The van der Waals surface area contributed by atoms with E-state index in [0.29, 0.717) is 24.7 Å². The number of nitrogens with one attached hydrogen (secondary N) is 1. The molecule has 1 fully saturated rings. The van der Waals surface area contributed by atoms with Crippen molar-refractivity contribution in [1.29, 1.82) is 5.39 Å². The molecule has 38 heavy (non-hydrogen) atoms. The average Bonchev–Trinajstić information content (AvgIpc) is 2.95. The van der Waals surface area contributed by atoms with Crippen LogP contribution in [0.4, 0.5) is 5.69 Å². The van der Waals surface area contributed by atoms with E-state index in [4.69, 9.17) is 19.6 Å². The van der Waals surface area contributed by atoms with Gasteiger partial charge in [-0.05, 0) is 37.1 Å². The first-order valence-corrected chi connectivity index (χ1v) is 14.9. The molecule has 0 aliphatic carbocycles. The number of ether oxygens (including phenoxy) is 3. The Balaban J connectivity index is 0.000000365. The van der Waals surface area contributed by atoms with Gasteiger partial charge in [-0.15, -0.1) is 0 Å². The number of diazo groups is 1. The molecule has 0 unspecified atom stereocenters. The molecule has 0 spiro atoms. The molecule has 0 aromatic heterocycles. The van der Waals surface area contributed by atoms with Gasteiger partial charge in [0.15, 0.2) is 4.98 Å². The molecule has 10 heteroatoms. The minimum Gasteiger partial charge on any atom is -0.744 e. The Labute approximate surface area is 228 Å². The Morgan fingerprint density at radius 2 is 1.50 bits per heavy atom. The molecular formula is C28H43N3O6S. The lowest BCUT2D eigenvalue weighted by Crippen LogP contribution is -2.30. The number of nitrogens with zero attached hydrogens (tertiary/aromatic N) is 2. The summed E-state index contributed by atoms with van der Waals surface area (Å²) in [5.74, 6) is 1.33. The molecule has 0 bridgehead atoms. The molecule has 0 radical (unpaired) electrons. The fraction of sp³-hybridized carbons (Fsp3) is 0.571. The van der Waals surface area contributed by atoms with Gasteiger partial charge in [0.25, 0.3) is 0 Å². The standard InChI is InChI=1S/C18H29N2O2.C6H6O3S.C4H9NO/c1-3-5-7-9-13-21-16-11-12-18(17(15-16)20-19)22-14-10-8-6-4-2;7-10(8,9)6-4-2-1-3-5-6;1-3-6-4-2-5-1/h11-12,15H,3-10,13-14H2,1-2H3;1-5H,(H,7,8,9);5H,1-4H2/q+1;;/p-1. The lowest BCUT2D eigenvalue weighted by atomic mass is 10.2. The van der Waals surface area contributed by atoms with E-state index >= 15 is 0 Å². The van der Waals surface area contributed by atoms with Crippen LogP contribution in [-0.4, -0.2) is 52.5 Å². The quantitative estimate of drug-likeness (QED) is 0.176. The molecule has 0 amide bonds. The molecule has 2 aromatic carbocycles. The topological polar surface area (TPSA) is 125 Å². The minimum absolute atomic E-state index is 0.185. The highest BCUT2D eigenvalue weighted by molar-refractivity contribution is 7.85. The fourth-order valence-electron chi connectivity index (χ4n) is 3.32. The molecule has 1 aliphatic rings. The first-order chi connectivity index (χ1) is 18.4. The SMILES string of the molecule is C1COCCN1.CCCCCCOc1ccc(OCCCCCC)c([N+]#N)c1.O=S(=O)([O-])c1ccccc1. The number of morpholine rings is 1. The van der Waals surface area contributed by atoms with Gasteiger partial charge < -0.3 is 24.1 Å². The van der Waals surface area contributed by atoms with Gasteiger partial charge in [0, 0.05) is 13.1 Å². The molecule has 1 aliphatic heterocycles. The Kier molecular flexibility index (Phi) is 18.6. The highest BCUT2D eigenvalue weighted by atomic mass is 32.2. The summed E-state index contributed by atoms with van der Waals surface area (Å²) in [6, 6.07) is 12.6. The summed E-state index contributed by atoms with van der Waals surface area (Å²) in [5, 5.41) is 12.3. The van der Waals surface area contributed by atoms with Crippen LogP contribution in [0.5, 0.6) is 11.5 Å². The summed E-state index contributed by atoms with van der Waals surface area (Å²) in [5.41, 5.74) is 0.432. The number of unbranched alkanes of at least 4 members (excludes halogenated alkanes) is 6. The summed E-state index contributed by atoms with van der Waals surface area (Å²) in [4.78, 5) is 3.11. The van der Waals surface area contributed by atoms with Crippen molar-refractivity contribution in [2.45, 2.75) is 70.1 Å². The maximum atomic E-state index is 10.3. The van der Waals surface area contributed by atoms with Crippen LogP contribution in [0.25, 0.3) is 4.98 Å². The van der Waals surface area contributed by atoms with Gasteiger partial charge in [0.05, 0.1) is 37.4 Å². The van der Waals surface area contributed by atoms with Gasteiger partial charge in [0.2, 0.25) is 11.1 Å². The van der Waals surface area contributed by atoms with Crippen LogP contribution < -0.4 is 14.8 Å². The van der Waals surface area contributed by atoms with E-state index in [1.54, 1.807) is 12.1 Å². The van der Waals surface area contributed by atoms with Crippen molar-refractivity contribution in [2.24, 2.45) is 0 Å². The van der Waals surface area contributed by atoms with Crippen LogP contribution in [0.3, 0.4) is 0 Å². The van der Waals surface area contributed by atoms with Gasteiger partial charge in [0.1, 0.15) is 15.9 Å². The molecule has 9 nitrogen and oxygen atoms in total. The van der Waals surface area contributed by atoms with Gasteiger partial charge in [-0.3, -0.25) is 0 Å². The Hall–Kier alpha value is -2.71. The number of hydrogen-bond acceptors (Lipinski definition) is 8. The maximum Gasteiger partial charge on any atom is 0.429 e. The molecule has 3 rings (SSSR count). The molecule has 2 aromatic rings. The Morgan fingerprint density at radius 3 is 1.95 bits per heavy atom. The van der Waals surface area contributed by atoms with E-state index < -0.39 is 10.1 Å². The average molecular weight is 550 g/mol. The lowest BCUT2D eigenvalue weighted by molar-refractivity contribution is 0.109. The molecule has 0 saturated carbocycles. The fourth-order valence-corrected chi connectivity index (χ4v) is 3.81. The van der Waals surface area contributed by atoms with Crippen molar-refractivity contribution >= 4 is 15.8 Å². The van der Waals surface area contributed by atoms with Crippen LogP contribution in [-0.2, 0) is 14.9 Å². The minimum atomic E-state index is -4.25. The second-order valence-electron chi connectivity index (χ2n) is 8.68. The third-order valence-electron chi connectivity index (χ3n) is 5.44. The van der Waals surface area contributed by atoms with Crippen LogP contribution in [0.15, 0.2) is 53.4 Å². The van der Waals surface area contributed by atoms with Crippen molar-refractivity contribution in [3.8, 4) is 11.5 Å². The van der Waals surface area contributed by atoms with Crippen molar-refractivity contribution in [2.75, 3.05) is 39.5 Å². The predicted molar refractivity (Wildman–Crippen MR) is 149 cm³/mol. The zero-order chi connectivity index (χ0) is 27.9. The summed E-state index contributed by atoms with van der Waals surface area (Å²) in [7, 11) is -4.25. The molecule has 0 atom stereocenters. The van der Waals surface area contributed by atoms with E-state index in [-0.39, 0.29) is 4.90 Å². The monoisotopic (exact) mass is 549 g/mol. The first kappa shape index (κ1) is 33.3.